The minimum atomic E-state index is -1.50. The highest BCUT2D eigenvalue weighted by molar-refractivity contribution is 7.80. The second kappa shape index (κ2) is 17.1. The molecule has 0 aromatic rings. The summed E-state index contributed by atoms with van der Waals surface area (Å²) in [6.07, 6.45) is -12.4. The molecule has 0 spiro atoms. The third kappa shape index (κ3) is 8.60. The van der Waals surface area contributed by atoms with Gasteiger partial charge >= 0.3 is 0 Å². The number of carbonyl (C=O) groups excluding carboxylic acids is 1. The Labute approximate surface area is 262 Å². The number of carbonyl (C=O) groups is 1. The Balaban J connectivity index is 1.91. The molecule has 17 heteroatoms. The molecule has 10 N–H and O–H groups in total. The van der Waals surface area contributed by atoms with E-state index in [1.807, 2.05) is 0 Å². The number of aliphatic hydroxyl groups is 6. The van der Waals surface area contributed by atoms with Gasteiger partial charge < -0.3 is 75.4 Å². The van der Waals surface area contributed by atoms with Crippen LogP contribution >= 0.6 is 12.6 Å². The molecule has 3 fully saturated rings. The molecule has 3 rings (SSSR count). The molecule has 0 aromatic heterocycles. The molecule has 44 heavy (non-hydrogen) atoms. The molecule has 0 aliphatic carbocycles. The van der Waals surface area contributed by atoms with Gasteiger partial charge in [-0.05, 0) is 18.6 Å². The number of allylic oxidation sites excluding steroid dienone is 1. The van der Waals surface area contributed by atoms with Crippen molar-refractivity contribution in [3.63, 3.8) is 0 Å². The molecule has 3 saturated heterocycles. The van der Waals surface area contributed by atoms with E-state index in [0.29, 0.717) is 24.3 Å². The van der Waals surface area contributed by atoms with Crippen LogP contribution in [0.25, 0.3) is 0 Å². The highest BCUT2D eigenvalue weighted by Gasteiger charge is 2.53. The summed E-state index contributed by atoms with van der Waals surface area (Å²) < 4.78 is 35.0. The molecule has 0 bridgehead atoms. The Morgan fingerprint density at radius 2 is 1.36 bits per heavy atom. The molecule has 16 nitrogen and oxygen atoms in total. The Bertz CT molecular complexity index is 922. The van der Waals surface area contributed by atoms with Gasteiger partial charge in [-0.25, -0.2) is 0 Å². The standard InChI is InChI=1S/C27H49N3O13S/c1-11(6-5-7-44)29-19-22(37)24(43-26-18(30-13(3)34)20(35)12(2)14(8-31)39-26)16(10-33)41-27(19)42-23-15(9-32)40-25(38-4)17(28)21(23)36/h12,14-27,29,31-33,35-37,44H,1,5-10,28H2,2-4H3,(H,30,34). The van der Waals surface area contributed by atoms with Crippen molar-refractivity contribution in [3.8, 4) is 0 Å². The fraction of sp³-hybridized carbons (Fsp3) is 0.889. The number of hydrogen-bond donors (Lipinski definition) is 10. The van der Waals surface area contributed by atoms with Gasteiger partial charge in [0.2, 0.25) is 5.91 Å². The maximum atomic E-state index is 12.0. The average molecular weight is 656 g/mol. The maximum Gasteiger partial charge on any atom is 0.217 e. The van der Waals surface area contributed by atoms with E-state index in [-0.39, 0.29) is 0 Å². The summed E-state index contributed by atoms with van der Waals surface area (Å²) in [6, 6.07) is -3.26. The van der Waals surface area contributed by atoms with Gasteiger partial charge in [0, 0.05) is 25.6 Å². The van der Waals surface area contributed by atoms with E-state index >= 15 is 0 Å². The van der Waals surface area contributed by atoms with E-state index in [0.717, 1.165) is 0 Å². The molecule has 3 heterocycles. The molecule has 1 amide bonds. The minimum Gasteiger partial charge on any atom is -0.394 e. The van der Waals surface area contributed by atoms with Crippen molar-refractivity contribution in [2.24, 2.45) is 11.7 Å². The van der Waals surface area contributed by atoms with Gasteiger partial charge in [-0.2, -0.15) is 12.6 Å². The molecule has 0 radical (unpaired) electrons. The van der Waals surface area contributed by atoms with Gasteiger partial charge in [-0.3, -0.25) is 4.79 Å². The Morgan fingerprint density at radius 3 is 1.86 bits per heavy atom. The van der Waals surface area contributed by atoms with Crippen molar-refractivity contribution in [2.45, 2.75) is 113 Å². The van der Waals surface area contributed by atoms with E-state index in [9.17, 15) is 35.4 Å². The lowest BCUT2D eigenvalue weighted by Gasteiger charge is -2.50. The van der Waals surface area contributed by atoms with Crippen molar-refractivity contribution >= 4 is 18.5 Å². The van der Waals surface area contributed by atoms with Crippen molar-refractivity contribution in [3.05, 3.63) is 12.3 Å². The smallest absolute Gasteiger partial charge is 0.217 e. The molecule has 0 saturated carbocycles. The lowest BCUT2D eigenvalue weighted by Crippen LogP contribution is -2.69. The average Bonchev–Trinajstić information content (AvgIpc) is 3.00. The fourth-order valence-electron chi connectivity index (χ4n) is 5.69. The van der Waals surface area contributed by atoms with E-state index in [2.05, 4.69) is 29.8 Å². The summed E-state index contributed by atoms with van der Waals surface area (Å²) in [6.45, 7) is 5.21. The van der Waals surface area contributed by atoms with Crippen LogP contribution in [0.15, 0.2) is 12.3 Å². The van der Waals surface area contributed by atoms with Crippen LogP contribution in [-0.2, 0) is 33.2 Å². The molecule has 15 unspecified atom stereocenters. The van der Waals surface area contributed by atoms with Gasteiger partial charge in [0.1, 0.15) is 48.7 Å². The van der Waals surface area contributed by atoms with E-state index < -0.39 is 117 Å². The maximum absolute atomic E-state index is 12.0. The number of nitrogens with two attached hydrogens (primary N) is 1. The largest absolute Gasteiger partial charge is 0.394 e. The van der Waals surface area contributed by atoms with Crippen molar-refractivity contribution in [1.82, 2.24) is 10.6 Å². The molecular weight excluding hydrogens is 606 g/mol. The fourth-order valence-corrected chi connectivity index (χ4v) is 5.84. The van der Waals surface area contributed by atoms with Crippen LogP contribution in [0.3, 0.4) is 0 Å². The Kier molecular flexibility index (Phi) is 14.5. The van der Waals surface area contributed by atoms with Gasteiger partial charge in [0.15, 0.2) is 18.9 Å². The third-order valence-corrected chi connectivity index (χ3v) is 8.54. The summed E-state index contributed by atoms with van der Waals surface area (Å²) in [4.78, 5) is 12.0. The number of hydrogen-bond acceptors (Lipinski definition) is 16. The molecule has 15 atom stereocenters. The first kappa shape index (κ1) is 37.3. The third-order valence-electron chi connectivity index (χ3n) is 8.22. The van der Waals surface area contributed by atoms with Crippen LogP contribution < -0.4 is 16.4 Å². The van der Waals surface area contributed by atoms with Crippen LogP contribution in [-0.4, -0.2) is 155 Å². The van der Waals surface area contributed by atoms with Crippen LogP contribution in [0.4, 0.5) is 0 Å². The molecular formula is C27H49N3O13S. The zero-order valence-electron chi connectivity index (χ0n) is 25.2. The summed E-state index contributed by atoms with van der Waals surface area (Å²) >= 11 is 4.23. The first-order valence-corrected chi connectivity index (χ1v) is 15.3. The highest BCUT2D eigenvalue weighted by Crippen LogP contribution is 2.33. The van der Waals surface area contributed by atoms with Gasteiger partial charge in [-0.1, -0.05) is 13.5 Å². The van der Waals surface area contributed by atoms with E-state index in [1.54, 1.807) is 6.92 Å². The van der Waals surface area contributed by atoms with Gasteiger partial charge in [-0.15, -0.1) is 0 Å². The number of amides is 1. The summed E-state index contributed by atoms with van der Waals surface area (Å²) in [5.74, 6) is -0.483. The van der Waals surface area contributed by atoms with Crippen molar-refractivity contribution in [1.29, 1.82) is 0 Å². The highest BCUT2D eigenvalue weighted by atomic mass is 32.1. The first-order chi connectivity index (χ1) is 20.9. The number of nitrogens with one attached hydrogen (secondary N) is 2. The normalized spacial score (nSPS) is 42.9. The van der Waals surface area contributed by atoms with Crippen LogP contribution in [0.5, 0.6) is 0 Å². The van der Waals surface area contributed by atoms with Crippen LogP contribution in [0.2, 0.25) is 0 Å². The zero-order valence-corrected chi connectivity index (χ0v) is 26.1. The molecule has 3 aliphatic rings. The SMILES string of the molecule is C=C(CCCS)NC1C(OC2C(CO)OC(OC)C(N)C2O)OC(CO)C(OC2OC(CO)C(C)C(O)C2NC(C)=O)C1O. The number of ether oxygens (including phenoxy) is 6. The number of methoxy groups -OCH3 is 1. The number of rotatable bonds is 14. The summed E-state index contributed by atoms with van der Waals surface area (Å²) in [5, 5.41) is 69.4. The van der Waals surface area contributed by atoms with Gasteiger partial charge in [0.25, 0.3) is 0 Å². The minimum absolute atomic E-state index is 0.451. The lowest BCUT2D eigenvalue weighted by atomic mass is 9.89. The van der Waals surface area contributed by atoms with Gasteiger partial charge in [0.05, 0.1) is 38.1 Å². The van der Waals surface area contributed by atoms with Crippen LogP contribution in [0.1, 0.15) is 26.7 Å². The van der Waals surface area contributed by atoms with Crippen molar-refractivity contribution in [2.75, 3.05) is 32.7 Å². The number of thiol groups is 1. The topological polar surface area (TPSA) is 244 Å². The van der Waals surface area contributed by atoms with Crippen LogP contribution in [0, 0.1) is 5.92 Å². The molecule has 256 valence electrons. The lowest BCUT2D eigenvalue weighted by molar-refractivity contribution is -0.350. The monoisotopic (exact) mass is 655 g/mol. The molecule has 3 aliphatic heterocycles. The quantitative estimate of drug-likeness (QED) is 0.0810. The first-order valence-electron chi connectivity index (χ1n) is 14.7. The summed E-state index contributed by atoms with van der Waals surface area (Å²) in [7, 11) is 1.34. The second-order valence-corrected chi connectivity index (χ2v) is 11.8. The van der Waals surface area contributed by atoms with E-state index in [1.165, 1.54) is 14.0 Å². The zero-order chi connectivity index (χ0) is 32.7. The predicted molar refractivity (Wildman–Crippen MR) is 156 cm³/mol. The summed E-state index contributed by atoms with van der Waals surface area (Å²) in [5.41, 5.74) is 6.57. The Morgan fingerprint density at radius 1 is 0.864 bits per heavy atom. The predicted octanol–water partition coefficient (Wildman–Crippen LogP) is -3.71. The van der Waals surface area contributed by atoms with E-state index in [4.69, 9.17) is 34.2 Å². The molecule has 0 aromatic carbocycles. The second-order valence-electron chi connectivity index (χ2n) is 11.3. The Hall–Kier alpha value is -1.16. The number of aliphatic hydroxyl groups excluding tert-OH is 6. The van der Waals surface area contributed by atoms with Crippen molar-refractivity contribution < 1.29 is 63.9 Å².